The molecule has 96 valence electrons. The molecule has 0 spiro atoms. The Morgan fingerprint density at radius 1 is 1.37 bits per heavy atom. The predicted octanol–water partition coefficient (Wildman–Crippen LogP) is 0.915. The first-order chi connectivity index (χ1) is 9.31. The predicted molar refractivity (Wildman–Crippen MR) is 70.0 cm³/mol. The minimum absolute atomic E-state index is 0.255. The first kappa shape index (κ1) is 12.9. The number of nitrogens with zero attached hydrogens (tertiary/aromatic N) is 1. The summed E-state index contributed by atoms with van der Waals surface area (Å²) in [5.41, 5.74) is 7.39. The summed E-state index contributed by atoms with van der Waals surface area (Å²) in [5, 5.41) is 6.33. The normalized spacial score (nSPS) is 9.53. The maximum absolute atomic E-state index is 11.7. The fraction of sp³-hybridized carbons (Fsp3) is 0.143. The lowest BCUT2D eigenvalue weighted by atomic mass is 10.1. The van der Waals surface area contributed by atoms with Crippen LogP contribution in [-0.2, 0) is 6.54 Å². The van der Waals surface area contributed by atoms with E-state index in [2.05, 4.69) is 26.8 Å². The number of nitrogens with one attached hydrogen (secondary N) is 1. The van der Waals surface area contributed by atoms with E-state index in [9.17, 15) is 4.79 Å². The number of carbonyl (C=O) groups excluding carboxylic acids is 1. The van der Waals surface area contributed by atoms with Crippen LogP contribution in [0.2, 0.25) is 0 Å². The van der Waals surface area contributed by atoms with Crippen molar-refractivity contribution in [2.24, 2.45) is 5.73 Å². The number of nitrogens with two attached hydrogens (primary N) is 1. The average molecular weight is 255 g/mol. The van der Waals surface area contributed by atoms with Gasteiger partial charge in [-0.2, -0.15) is 0 Å². The van der Waals surface area contributed by atoms with E-state index in [-0.39, 0.29) is 11.6 Å². The van der Waals surface area contributed by atoms with Gasteiger partial charge in [-0.15, -0.1) is 0 Å². The molecule has 1 amide bonds. The lowest BCUT2D eigenvalue weighted by Crippen LogP contribution is -2.23. The van der Waals surface area contributed by atoms with Crippen molar-refractivity contribution in [3.63, 3.8) is 0 Å². The van der Waals surface area contributed by atoms with Crippen LogP contribution >= 0.6 is 0 Å². The Kier molecular flexibility index (Phi) is 4.32. The maximum Gasteiger partial charge on any atom is 0.273 e. The molecule has 0 saturated heterocycles. The third-order valence-electron chi connectivity index (χ3n) is 2.45. The zero-order valence-electron chi connectivity index (χ0n) is 10.2. The van der Waals surface area contributed by atoms with E-state index in [0.717, 1.165) is 11.1 Å². The van der Waals surface area contributed by atoms with Gasteiger partial charge >= 0.3 is 0 Å². The number of amides is 1. The van der Waals surface area contributed by atoms with E-state index in [1.807, 2.05) is 24.3 Å². The van der Waals surface area contributed by atoms with Crippen LogP contribution in [0, 0.1) is 11.8 Å². The van der Waals surface area contributed by atoms with Crippen molar-refractivity contribution < 1.29 is 9.32 Å². The highest BCUT2D eigenvalue weighted by Gasteiger charge is 2.08. The van der Waals surface area contributed by atoms with E-state index in [1.54, 1.807) is 0 Å². The summed E-state index contributed by atoms with van der Waals surface area (Å²) >= 11 is 0. The summed E-state index contributed by atoms with van der Waals surface area (Å²) in [4.78, 5) is 11.7. The Balaban J connectivity index is 2.05. The third kappa shape index (κ3) is 3.44. The number of aromatic nitrogens is 1. The molecule has 0 bridgehead atoms. The van der Waals surface area contributed by atoms with Crippen LogP contribution in [0.15, 0.2) is 41.1 Å². The molecular weight excluding hydrogens is 242 g/mol. The van der Waals surface area contributed by atoms with Crippen molar-refractivity contribution in [3.8, 4) is 11.8 Å². The van der Waals surface area contributed by atoms with Gasteiger partial charge in [0.2, 0.25) is 0 Å². The molecule has 1 heterocycles. The van der Waals surface area contributed by atoms with Gasteiger partial charge in [0, 0.05) is 18.2 Å². The molecule has 0 saturated carbocycles. The van der Waals surface area contributed by atoms with Crippen LogP contribution in [0.4, 0.5) is 0 Å². The fourth-order valence-corrected chi connectivity index (χ4v) is 1.54. The van der Waals surface area contributed by atoms with E-state index < -0.39 is 0 Å². The van der Waals surface area contributed by atoms with E-state index in [0.29, 0.717) is 13.1 Å². The first-order valence-electron chi connectivity index (χ1n) is 5.76. The van der Waals surface area contributed by atoms with Gasteiger partial charge in [-0.05, 0) is 11.6 Å². The summed E-state index contributed by atoms with van der Waals surface area (Å²) in [6, 6.07) is 9.09. The van der Waals surface area contributed by atoms with E-state index in [4.69, 9.17) is 5.73 Å². The molecule has 5 heteroatoms. The zero-order valence-corrected chi connectivity index (χ0v) is 10.2. The molecule has 0 atom stereocenters. The van der Waals surface area contributed by atoms with E-state index >= 15 is 0 Å². The van der Waals surface area contributed by atoms with Gasteiger partial charge in [0.15, 0.2) is 5.69 Å². The Hall–Kier alpha value is -2.58. The average Bonchev–Trinajstić information content (AvgIpc) is 2.97. The molecule has 0 aliphatic rings. The van der Waals surface area contributed by atoms with Crippen LogP contribution in [0.3, 0.4) is 0 Å². The SMILES string of the molecule is NCC#Cc1ccccc1CNC(=O)c1ccon1. The molecule has 3 N–H and O–H groups in total. The summed E-state index contributed by atoms with van der Waals surface area (Å²) in [6.45, 7) is 0.681. The molecule has 2 aromatic rings. The van der Waals surface area contributed by atoms with Gasteiger partial charge in [-0.25, -0.2) is 0 Å². The largest absolute Gasteiger partial charge is 0.364 e. The molecule has 19 heavy (non-hydrogen) atoms. The van der Waals surface area contributed by atoms with Crippen molar-refractivity contribution in [1.29, 1.82) is 0 Å². The van der Waals surface area contributed by atoms with Crippen molar-refractivity contribution >= 4 is 5.91 Å². The van der Waals surface area contributed by atoms with Crippen LogP contribution in [-0.4, -0.2) is 17.6 Å². The Morgan fingerprint density at radius 3 is 2.95 bits per heavy atom. The minimum atomic E-state index is -0.282. The standard InChI is InChI=1S/C14H13N3O2/c15-8-3-6-11-4-1-2-5-12(11)10-16-14(18)13-7-9-19-17-13/h1-2,4-5,7,9H,8,10,15H2,(H,16,18). The quantitative estimate of drug-likeness (QED) is 0.799. The molecule has 0 radical (unpaired) electrons. The Labute approximate surface area is 110 Å². The molecule has 1 aromatic carbocycles. The lowest BCUT2D eigenvalue weighted by molar-refractivity contribution is 0.0942. The Morgan fingerprint density at radius 2 is 2.21 bits per heavy atom. The smallest absolute Gasteiger partial charge is 0.273 e. The third-order valence-corrected chi connectivity index (χ3v) is 2.45. The van der Waals surface area contributed by atoms with Crippen molar-refractivity contribution in [2.75, 3.05) is 6.54 Å². The Bertz CT molecular complexity index is 609. The second-order valence-corrected chi connectivity index (χ2v) is 3.73. The van der Waals surface area contributed by atoms with E-state index in [1.165, 1.54) is 12.3 Å². The van der Waals surface area contributed by atoms with Gasteiger partial charge < -0.3 is 15.6 Å². The minimum Gasteiger partial charge on any atom is -0.364 e. The van der Waals surface area contributed by atoms with Crippen LogP contribution in [0.5, 0.6) is 0 Å². The molecule has 0 aliphatic carbocycles. The summed E-state index contributed by atoms with van der Waals surface area (Å²) in [5.74, 6) is 5.49. The van der Waals surface area contributed by atoms with Gasteiger partial charge in [0.1, 0.15) is 6.26 Å². The summed E-state index contributed by atoms with van der Waals surface area (Å²) in [6.07, 6.45) is 1.36. The highest BCUT2D eigenvalue weighted by molar-refractivity contribution is 5.91. The molecule has 0 fully saturated rings. The summed E-state index contributed by atoms with van der Waals surface area (Å²) < 4.78 is 4.62. The molecule has 0 aliphatic heterocycles. The summed E-state index contributed by atoms with van der Waals surface area (Å²) in [7, 11) is 0. The second kappa shape index (κ2) is 6.38. The molecule has 0 unspecified atom stereocenters. The highest BCUT2D eigenvalue weighted by atomic mass is 16.5. The van der Waals surface area contributed by atoms with Crippen molar-refractivity contribution in [1.82, 2.24) is 10.5 Å². The van der Waals surface area contributed by atoms with Crippen LogP contribution < -0.4 is 11.1 Å². The van der Waals surface area contributed by atoms with Gasteiger partial charge in [0.25, 0.3) is 5.91 Å². The number of hydrogen-bond donors (Lipinski definition) is 2. The number of hydrogen-bond acceptors (Lipinski definition) is 4. The molecule has 2 rings (SSSR count). The van der Waals surface area contributed by atoms with Gasteiger partial charge in [0.05, 0.1) is 6.54 Å². The first-order valence-corrected chi connectivity index (χ1v) is 5.76. The van der Waals surface area contributed by atoms with Crippen molar-refractivity contribution in [3.05, 3.63) is 53.4 Å². The number of rotatable bonds is 3. The lowest BCUT2D eigenvalue weighted by Gasteiger charge is -2.05. The topological polar surface area (TPSA) is 81.1 Å². The van der Waals surface area contributed by atoms with Gasteiger partial charge in [-0.1, -0.05) is 35.2 Å². The molecular formula is C14H13N3O2. The number of benzene rings is 1. The van der Waals surface area contributed by atoms with Gasteiger partial charge in [-0.3, -0.25) is 4.79 Å². The zero-order chi connectivity index (χ0) is 13.5. The molecule has 5 nitrogen and oxygen atoms in total. The molecule has 1 aromatic heterocycles. The number of carbonyl (C=O) groups is 1. The fourth-order valence-electron chi connectivity index (χ4n) is 1.54. The highest BCUT2D eigenvalue weighted by Crippen LogP contribution is 2.07. The maximum atomic E-state index is 11.7. The second-order valence-electron chi connectivity index (χ2n) is 3.73. The van der Waals surface area contributed by atoms with Crippen LogP contribution in [0.1, 0.15) is 21.6 Å². The monoisotopic (exact) mass is 255 g/mol. The van der Waals surface area contributed by atoms with Crippen LogP contribution in [0.25, 0.3) is 0 Å². The van der Waals surface area contributed by atoms with Crippen molar-refractivity contribution in [2.45, 2.75) is 6.54 Å².